The van der Waals surface area contributed by atoms with Crippen LogP contribution >= 0.6 is 0 Å². The maximum atomic E-state index is 9.58. The van der Waals surface area contributed by atoms with Gasteiger partial charge in [0.25, 0.3) is 0 Å². The summed E-state index contributed by atoms with van der Waals surface area (Å²) in [5, 5.41) is 16.4. The number of likely N-dealkylation sites (tertiary alicyclic amines) is 1. The van der Waals surface area contributed by atoms with Crippen molar-refractivity contribution in [3.05, 3.63) is 29.8 Å². The molecular weight excluding hydrogens is 352 g/mol. The van der Waals surface area contributed by atoms with Crippen LogP contribution < -0.4 is 15.4 Å². The number of hydrogen-bond donors (Lipinski definition) is 3. The first-order valence-electron chi connectivity index (χ1n) is 10.7. The molecule has 1 heterocycles. The zero-order chi connectivity index (χ0) is 20.2. The van der Waals surface area contributed by atoms with E-state index in [2.05, 4.69) is 41.5 Å². The van der Waals surface area contributed by atoms with Gasteiger partial charge in [0.05, 0.1) is 13.2 Å². The molecule has 1 unspecified atom stereocenters. The molecule has 1 atom stereocenters. The van der Waals surface area contributed by atoms with Crippen LogP contribution in [0.3, 0.4) is 0 Å². The van der Waals surface area contributed by atoms with E-state index in [0.717, 1.165) is 76.7 Å². The Morgan fingerprint density at radius 3 is 2.61 bits per heavy atom. The number of nitrogens with zero attached hydrogens (tertiary/aromatic N) is 2. The van der Waals surface area contributed by atoms with Crippen LogP contribution in [-0.2, 0) is 0 Å². The van der Waals surface area contributed by atoms with E-state index in [1.54, 1.807) is 7.11 Å². The average Bonchev–Trinajstić information content (AvgIpc) is 2.72. The van der Waals surface area contributed by atoms with Crippen LogP contribution in [0.25, 0.3) is 0 Å². The Morgan fingerprint density at radius 2 is 1.96 bits per heavy atom. The van der Waals surface area contributed by atoms with Crippen LogP contribution in [0.2, 0.25) is 0 Å². The summed E-state index contributed by atoms with van der Waals surface area (Å²) in [5.41, 5.74) is 1.33. The zero-order valence-electron chi connectivity index (χ0n) is 17.8. The summed E-state index contributed by atoms with van der Waals surface area (Å²) in [6.07, 6.45) is 3.81. The maximum Gasteiger partial charge on any atom is 0.191 e. The number of aliphatic hydroxyl groups excluding tert-OH is 1. The van der Waals surface area contributed by atoms with Gasteiger partial charge < -0.3 is 25.4 Å². The first-order valence-corrected chi connectivity index (χ1v) is 10.7. The van der Waals surface area contributed by atoms with Crippen molar-refractivity contribution in [2.75, 3.05) is 46.4 Å². The van der Waals surface area contributed by atoms with E-state index in [1.165, 1.54) is 5.56 Å². The predicted molar refractivity (Wildman–Crippen MR) is 116 cm³/mol. The summed E-state index contributed by atoms with van der Waals surface area (Å²) in [6.45, 7) is 10.00. The van der Waals surface area contributed by atoms with Crippen LogP contribution in [-0.4, -0.2) is 68.4 Å². The number of aliphatic hydroxyl groups is 1. The van der Waals surface area contributed by atoms with Gasteiger partial charge in [-0.1, -0.05) is 19.1 Å². The second-order valence-corrected chi connectivity index (χ2v) is 7.58. The van der Waals surface area contributed by atoms with Crippen molar-refractivity contribution >= 4 is 5.96 Å². The van der Waals surface area contributed by atoms with Gasteiger partial charge >= 0.3 is 0 Å². The van der Waals surface area contributed by atoms with Gasteiger partial charge in [-0.3, -0.25) is 4.99 Å². The first-order chi connectivity index (χ1) is 13.6. The molecule has 28 heavy (non-hydrogen) atoms. The largest absolute Gasteiger partial charge is 0.497 e. The summed E-state index contributed by atoms with van der Waals surface area (Å²) >= 11 is 0. The van der Waals surface area contributed by atoms with Crippen molar-refractivity contribution in [3.63, 3.8) is 0 Å². The lowest BCUT2D eigenvalue weighted by atomic mass is 9.98. The molecule has 1 saturated heterocycles. The van der Waals surface area contributed by atoms with Crippen molar-refractivity contribution in [2.45, 2.75) is 51.6 Å². The monoisotopic (exact) mass is 390 g/mol. The fourth-order valence-corrected chi connectivity index (χ4v) is 3.48. The lowest BCUT2D eigenvalue weighted by molar-refractivity contribution is 0.0824. The molecule has 2 rings (SSSR count). The lowest BCUT2D eigenvalue weighted by Gasteiger charge is -2.29. The fourth-order valence-electron chi connectivity index (χ4n) is 3.48. The molecular formula is C22H38N4O2. The highest BCUT2D eigenvalue weighted by atomic mass is 16.5. The molecule has 1 aromatic carbocycles. The van der Waals surface area contributed by atoms with Crippen molar-refractivity contribution in [3.8, 4) is 5.75 Å². The van der Waals surface area contributed by atoms with E-state index in [4.69, 9.17) is 9.73 Å². The number of hydrogen-bond acceptors (Lipinski definition) is 4. The molecule has 1 aliphatic heterocycles. The van der Waals surface area contributed by atoms with Crippen LogP contribution in [0.4, 0.5) is 0 Å². The molecule has 158 valence electrons. The summed E-state index contributed by atoms with van der Waals surface area (Å²) in [6, 6.07) is 8.33. The van der Waals surface area contributed by atoms with Crippen LogP contribution in [0, 0.1) is 0 Å². The molecule has 0 aromatic heterocycles. The van der Waals surface area contributed by atoms with Gasteiger partial charge in [-0.2, -0.15) is 0 Å². The molecule has 0 saturated carbocycles. The second kappa shape index (κ2) is 12.6. The quantitative estimate of drug-likeness (QED) is 0.325. The minimum Gasteiger partial charge on any atom is -0.497 e. The standard InChI is InChI=1S/C22H38N4O2/c1-4-23-22(24-13-5-15-26-16-11-20(27)12-17-26)25-14-10-18(2)19-6-8-21(28-3)9-7-19/h6-9,18,20,27H,4-5,10-17H2,1-3H3,(H2,23,24,25). The number of methoxy groups -OCH3 is 1. The third-order valence-corrected chi connectivity index (χ3v) is 5.36. The summed E-state index contributed by atoms with van der Waals surface area (Å²) in [4.78, 5) is 7.14. The summed E-state index contributed by atoms with van der Waals surface area (Å²) in [5.74, 6) is 2.28. The van der Waals surface area contributed by atoms with E-state index in [0.29, 0.717) is 5.92 Å². The highest BCUT2D eigenvalue weighted by molar-refractivity contribution is 5.79. The second-order valence-electron chi connectivity index (χ2n) is 7.58. The number of aliphatic imine (C=N–C) groups is 1. The number of rotatable bonds is 10. The molecule has 0 radical (unpaired) electrons. The minimum absolute atomic E-state index is 0.0980. The maximum absolute atomic E-state index is 9.58. The van der Waals surface area contributed by atoms with E-state index >= 15 is 0 Å². The summed E-state index contributed by atoms with van der Waals surface area (Å²) < 4.78 is 5.23. The van der Waals surface area contributed by atoms with Gasteiger partial charge in [-0.15, -0.1) is 0 Å². The highest BCUT2D eigenvalue weighted by Gasteiger charge is 2.15. The van der Waals surface area contributed by atoms with Crippen molar-refractivity contribution in [2.24, 2.45) is 4.99 Å². The number of benzene rings is 1. The predicted octanol–water partition coefficient (Wildman–Crippen LogP) is 2.59. The van der Waals surface area contributed by atoms with Gasteiger partial charge in [0, 0.05) is 32.7 Å². The molecule has 0 aliphatic carbocycles. The van der Waals surface area contributed by atoms with E-state index in [-0.39, 0.29) is 6.10 Å². The topological polar surface area (TPSA) is 69.1 Å². The molecule has 1 aromatic rings. The van der Waals surface area contributed by atoms with Gasteiger partial charge in [-0.05, 0) is 62.8 Å². The van der Waals surface area contributed by atoms with Crippen molar-refractivity contribution < 1.29 is 9.84 Å². The SMILES string of the molecule is CCNC(=NCCCN1CCC(O)CC1)NCCC(C)c1ccc(OC)cc1. The van der Waals surface area contributed by atoms with Gasteiger partial charge in [0.2, 0.25) is 0 Å². The van der Waals surface area contributed by atoms with Crippen LogP contribution in [0.5, 0.6) is 5.75 Å². The van der Waals surface area contributed by atoms with Crippen LogP contribution in [0.15, 0.2) is 29.3 Å². The third-order valence-electron chi connectivity index (χ3n) is 5.36. The Bertz CT molecular complexity index is 568. The van der Waals surface area contributed by atoms with E-state index < -0.39 is 0 Å². The van der Waals surface area contributed by atoms with Gasteiger partial charge in [0.15, 0.2) is 5.96 Å². The molecule has 3 N–H and O–H groups in total. The molecule has 0 bridgehead atoms. The fraction of sp³-hybridized carbons (Fsp3) is 0.682. The molecule has 1 fully saturated rings. The minimum atomic E-state index is -0.0980. The normalized spacial score (nSPS) is 17.4. The Morgan fingerprint density at radius 1 is 1.25 bits per heavy atom. The lowest BCUT2D eigenvalue weighted by Crippen LogP contribution is -2.38. The number of piperidine rings is 1. The Kier molecular flexibility index (Phi) is 10.1. The molecule has 6 nitrogen and oxygen atoms in total. The summed E-state index contributed by atoms with van der Waals surface area (Å²) in [7, 11) is 1.70. The number of guanidine groups is 1. The van der Waals surface area contributed by atoms with Gasteiger partial charge in [-0.25, -0.2) is 0 Å². The number of ether oxygens (including phenoxy) is 1. The highest BCUT2D eigenvalue weighted by Crippen LogP contribution is 2.21. The number of nitrogens with one attached hydrogen (secondary N) is 2. The Hall–Kier alpha value is -1.79. The van der Waals surface area contributed by atoms with Crippen molar-refractivity contribution in [1.82, 2.24) is 15.5 Å². The Labute approximate surface area is 170 Å². The smallest absolute Gasteiger partial charge is 0.191 e. The molecule has 1 aliphatic rings. The Balaban J connectivity index is 1.68. The zero-order valence-corrected chi connectivity index (χ0v) is 17.8. The molecule has 0 spiro atoms. The van der Waals surface area contributed by atoms with Crippen molar-refractivity contribution in [1.29, 1.82) is 0 Å². The van der Waals surface area contributed by atoms with Gasteiger partial charge in [0.1, 0.15) is 5.75 Å². The first kappa shape index (κ1) is 22.5. The average molecular weight is 391 g/mol. The third kappa shape index (κ3) is 8.07. The van der Waals surface area contributed by atoms with Crippen LogP contribution in [0.1, 0.15) is 51.0 Å². The molecule has 6 heteroatoms. The van der Waals surface area contributed by atoms with E-state index in [1.807, 2.05) is 12.1 Å². The molecule has 0 amide bonds. The van der Waals surface area contributed by atoms with E-state index in [9.17, 15) is 5.11 Å².